The minimum Gasteiger partial charge on any atom is -0.335 e. The molecule has 1 unspecified atom stereocenters. The Morgan fingerprint density at radius 1 is 1.35 bits per heavy atom. The Kier molecular flexibility index (Phi) is 3.71. The first kappa shape index (κ1) is 11.6. The minimum absolute atomic E-state index is 0.778. The van der Waals surface area contributed by atoms with Gasteiger partial charge in [0.15, 0.2) is 0 Å². The summed E-state index contributed by atoms with van der Waals surface area (Å²) in [6, 6.07) is 0.778. The van der Waals surface area contributed by atoms with Crippen molar-refractivity contribution in [1.29, 1.82) is 0 Å². The van der Waals surface area contributed by atoms with Crippen LogP contribution < -0.4 is 5.32 Å². The summed E-state index contributed by atoms with van der Waals surface area (Å²) in [5.41, 5.74) is 0. The number of imidazole rings is 1. The van der Waals surface area contributed by atoms with Crippen molar-refractivity contribution in [3.05, 3.63) is 18.2 Å². The molecule has 0 bridgehead atoms. The third-order valence-corrected chi connectivity index (χ3v) is 5.00. The fourth-order valence-electron chi connectivity index (χ4n) is 2.84. The number of aryl methyl sites for hydroxylation is 1. The van der Waals surface area contributed by atoms with E-state index in [-0.39, 0.29) is 0 Å². The van der Waals surface area contributed by atoms with Gasteiger partial charge in [0.25, 0.3) is 0 Å². The maximum Gasteiger partial charge on any atom is 0.108 e. The fraction of sp³-hybridized carbons (Fsp3) is 0.769. The summed E-state index contributed by atoms with van der Waals surface area (Å²) in [7, 11) is 0. The van der Waals surface area contributed by atoms with Crippen LogP contribution in [0.1, 0.15) is 25.1 Å². The van der Waals surface area contributed by atoms with Crippen molar-refractivity contribution in [2.45, 2.75) is 38.3 Å². The average Bonchev–Trinajstić information content (AvgIpc) is 2.85. The van der Waals surface area contributed by atoms with Crippen molar-refractivity contribution < 1.29 is 0 Å². The van der Waals surface area contributed by atoms with Crippen molar-refractivity contribution in [2.24, 2.45) is 5.92 Å². The molecule has 3 nitrogen and oxygen atoms in total. The van der Waals surface area contributed by atoms with Crippen LogP contribution in [-0.2, 0) is 13.0 Å². The highest BCUT2D eigenvalue weighted by atomic mass is 32.2. The van der Waals surface area contributed by atoms with Crippen molar-refractivity contribution >= 4 is 11.8 Å². The molecule has 0 spiro atoms. The van der Waals surface area contributed by atoms with Gasteiger partial charge in [0.05, 0.1) is 0 Å². The van der Waals surface area contributed by atoms with Gasteiger partial charge in [0.2, 0.25) is 0 Å². The number of aromatic nitrogens is 2. The standard InChI is InChI=1S/C13H21N3S/c1-2-13-14-5-6-16(13)10-11(1)9-15-12-3-7-17-8-4-12/h5-6,11-12,15H,1-4,7-10H2. The van der Waals surface area contributed by atoms with E-state index in [2.05, 4.69) is 32.8 Å². The van der Waals surface area contributed by atoms with Crippen LogP contribution >= 0.6 is 11.8 Å². The van der Waals surface area contributed by atoms with Crippen molar-refractivity contribution in [3.8, 4) is 0 Å². The first-order valence-corrected chi connectivity index (χ1v) is 7.88. The van der Waals surface area contributed by atoms with E-state index in [9.17, 15) is 0 Å². The van der Waals surface area contributed by atoms with E-state index in [1.54, 1.807) is 0 Å². The lowest BCUT2D eigenvalue weighted by atomic mass is 9.98. The van der Waals surface area contributed by atoms with E-state index in [1.807, 2.05) is 6.20 Å². The molecule has 94 valence electrons. The summed E-state index contributed by atoms with van der Waals surface area (Å²) >= 11 is 2.10. The van der Waals surface area contributed by atoms with Crippen LogP contribution in [0.3, 0.4) is 0 Å². The maximum atomic E-state index is 4.38. The molecule has 1 atom stereocenters. The van der Waals surface area contributed by atoms with Crippen LogP contribution in [-0.4, -0.2) is 33.6 Å². The lowest BCUT2D eigenvalue weighted by molar-refractivity contribution is 0.326. The van der Waals surface area contributed by atoms with Gasteiger partial charge in [-0.2, -0.15) is 11.8 Å². The van der Waals surface area contributed by atoms with Crippen molar-refractivity contribution in [1.82, 2.24) is 14.9 Å². The number of nitrogens with one attached hydrogen (secondary N) is 1. The summed E-state index contributed by atoms with van der Waals surface area (Å²) in [6.07, 6.45) is 9.22. The molecule has 3 heterocycles. The number of fused-ring (bicyclic) bond motifs is 1. The van der Waals surface area contributed by atoms with Gasteiger partial charge >= 0.3 is 0 Å². The minimum atomic E-state index is 0.778. The number of rotatable bonds is 3. The van der Waals surface area contributed by atoms with E-state index < -0.39 is 0 Å². The van der Waals surface area contributed by atoms with Gasteiger partial charge in [-0.3, -0.25) is 0 Å². The highest BCUT2D eigenvalue weighted by Gasteiger charge is 2.20. The Hall–Kier alpha value is -0.480. The van der Waals surface area contributed by atoms with Crippen LogP contribution in [0.2, 0.25) is 0 Å². The van der Waals surface area contributed by atoms with E-state index in [0.717, 1.165) is 24.9 Å². The van der Waals surface area contributed by atoms with Gasteiger partial charge in [-0.25, -0.2) is 4.98 Å². The van der Waals surface area contributed by atoms with Gasteiger partial charge in [0, 0.05) is 31.4 Å². The second-order valence-corrected chi connectivity index (χ2v) is 6.42. The van der Waals surface area contributed by atoms with Gasteiger partial charge in [-0.1, -0.05) is 0 Å². The zero-order valence-electron chi connectivity index (χ0n) is 10.3. The molecular weight excluding hydrogens is 230 g/mol. The SMILES string of the molecule is c1cn2c(n1)CCC(CNC1CCSCC1)C2. The highest BCUT2D eigenvalue weighted by molar-refractivity contribution is 7.99. The van der Waals surface area contributed by atoms with Crippen LogP contribution in [0.4, 0.5) is 0 Å². The first-order valence-electron chi connectivity index (χ1n) is 6.73. The lowest BCUT2D eigenvalue weighted by Gasteiger charge is -2.28. The van der Waals surface area contributed by atoms with Crippen LogP contribution in [0.15, 0.2) is 12.4 Å². The number of thioether (sulfide) groups is 1. The average molecular weight is 251 g/mol. The molecular formula is C13H21N3S. The van der Waals surface area contributed by atoms with Gasteiger partial charge in [-0.05, 0) is 43.2 Å². The number of hydrogen-bond acceptors (Lipinski definition) is 3. The number of nitrogens with zero attached hydrogens (tertiary/aromatic N) is 2. The third kappa shape index (κ3) is 2.86. The van der Waals surface area contributed by atoms with Gasteiger partial charge in [0.1, 0.15) is 5.82 Å². The molecule has 0 aromatic carbocycles. The molecule has 1 aromatic heterocycles. The molecule has 1 saturated heterocycles. The molecule has 3 rings (SSSR count). The van der Waals surface area contributed by atoms with E-state index in [0.29, 0.717) is 0 Å². The molecule has 17 heavy (non-hydrogen) atoms. The van der Waals surface area contributed by atoms with Crippen LogP contribution in [0.5, 0.6) is 0 Å². The molecule has 0 saturated carbocycles. The summed E-state index contributed by atoms with van der Waals surface area (Å²) in [5, 5.41) is 3.77. The van der Waals surface area contributed by atoms with E-state index in [1.165, 1.54) is 43.1 Å². The molecule has 1 fully saturated rings. The zero-order chi connectivity index (χ0) is 11.5. The molecule has 0 radical (unpaired) electrons. The largest absolute Gasteiger partial charge is 0.335 e. The molecule has 2 aliphatic rings. The van der Waals surface area contributed by atoms with Crippen LogP contribution in [0, 0.1) is 5.92 Å². The van der Waals surface area contributed by atoms with Crippen molar-refractivity contribution in [2.75, 3.05) is 18.1 Å². The summed E-state index contributed by atoms with van der Waals surface area (Å²) < 4.78 is 2.33. The second-order valence-electron chi connectivity index (χ2n) is 5.20. The Bertz CT molecular complexity index is 357. The first-order chi connectivity index (χ1) is 8.42. The van der Waals surface area contributed by atoms with Crippen molar-refractivity contribution in [3.63, 3.8) is 0 Å². The van der Waals surface area contributed by atoms with Crippen LogP contribution in [0.25, 0.3) is 0 Å². The molecule has 0 aliphatic carbocycles. The molecule has 1 N–H and O–H groups in total. The van der Waals surface area contributed by atoms with Gasteiger partial charge in [-0.15, -0.1) is 0 Å². The third-order valence-electron chi connectivity index (χ3n) is 3.95. The quantitative estimate of drug-likeness (QED) is 0.890. The normalized spacial score (nSPS) is 25.8. The second kappa shape index (κ2) is 5.44. The smallest absolute Gasteiger partial charge is 0.108 e. The number of hydrogen-bond donors (Lipinski definition) is 1. The fourth-order valence-corrected chi connectivity index (χ4v) is 3.95. The lowest BCUT2D eigenvalue weighted by Crippen LogP contribution is -2.38. The predicted octanol–water partition coefficient (Wildman–Crippen LogP) is 1.93. The van der Waals surface area contributed by atoms with Gasteiger partial charge < -0.3 is 9.88 Å². The predicted molar refractivity (Wildman–Crippen MR) is 72.4 cm³/mol. The maximum absolute atomic E-state index is 4.38. The molecule has 2 aliphatic heterocycles. The summed E-state index contributed by atoms with van der Waals surface area (Å²) in [5.74, 6) is 4.75. The summed E-state index contributed by atoms with van der Waals surface area (Å²) in [6.45, 7) is 2.34. The monoisotopic (exact) mass is 251 g/mol. The zero-order valence-corrected chi connectivity index (χ0v) is 11.1. The topological polar surface area (TPSA) is 29.9 Å². The molecule has 1 aromatic rings. The Balaban J connectivity index is 1.47. The molecule has 4 heteroatoms. The Morgan fingerprint density at radius 3 is 3.12 bits per heavy atom. The molecule has 0 amide bonds. The van der Waals surface area contributed by atoms with E-state index in [4.69, 9.17) is 0 Å². The Morgan fingerprint density at radius 2 is 2.24 bits per heavy atom. The Labute approximate surface area is 107 Å². The summed E-state index contributed by atoms with van der Waals surface area (Å²) in [4.78, 5) is 4.38. The van der Waals surface area contributed by atoms with E-state index >= 15 is 0 Å². The highest BCUT2D eigenvalue weighted by Crippen LogP contribution is 2.20.